The molecule has 0 aromatic rings. The van der Waals surface area contributed by atoms with Gasteiger partial charge in [-0.15, -0.1) is 0 Å². The lowest BCUT2D eigenvalue weighted by molar-refractivity contribution is -0.0766. The van der Waals surface area contributed by atoms with E-state index in [1.54, 1.807) is 19.3 Å². The van der Waals surface area contributed by atoms with Gasteiger partial charge < -0.3 is 10.2 Å². The van der Waals surface area contributed by atoms with E-state index in [0.717, 1.165) is 23.7 Å². The van der Waals surface area contributed by atoms with Gasteiger partial charge >= 0.3 is 0 Å². The summed E-state index contributed by atoms with van der Waals surface area (Å²) in [6, 6.07) is 0.711. The molecular formula is C19H36N2. The summed E-state index contributed by atoms with van der Waals surface area (Å²) in [7, 11) is 4.53. The predicted octanol–water partition coefficient (Wildman–Crippen LogP) is 3.77. The van der Waals surface area contributed by atoms with Crippen molar-refractivity contribution in [2.24, 2.45) is 29.1 Å². The van der Waals surface area contributed by atoms with Crippen molar-refractivity contribution in [3.8, 4) is 0 Å². The molecule has 4 rings (SSSR count). The van der Waals surface area contributed by atoms with Crippen molar-refractivity contribution in [3.63, 3.8) is 0 Å². The van der Waals surface area contributed by atoms with E-state index in [4.69, 9.17) is 0 Å². The molecule has 4 aliphatic rings. The molecule has 0 radical (unpaired) electrons. The van der Waals surface area contributed by atoms with Crippen LogP contribution in [0.15, 0.2) is 0 Å². The summed E-state index contributed by atoms with van der Waals surface area (Å²) >= 11 is 0. The highest BCUT2D eigenvalue weighted by molar-refractivity contribution is 5.06. The first-order valence-electron chi connectivity index (χ1n) is 9.36. The van der Waals surface area contributed by atoms with Gasteiger partial charge in [0.15, 0.2) is 0 Å². The van der Waals surface area contributed by atoms with E-state index in [9.17, 15) is 0 Å². The van der Waals surface area contributed by atoms with Crippen molar-refractivity contribution in [2.45, 2.75) is 64.8 Å². The topological polar surface area (TPSA) is 15.3 Å². The van der Waals surface area contributed by atoms with Crippen LogP contribution in [0.5, 0.6) is 0 Å². The van der Waals surface area contributed by atoms with Gasteiger partial charge in [0, 0.05) is 12.6 Å². The standard InChI is InChI=1S/C19H36N2/c1-14(2)5-6-21(4)13-18(20-3)19-10-15-7-16(11-19)9-17(8-15)12-19/h14-18,20H,5-13H2,1-4H3. The van der Waals surface area contributed by atoms with Crippen LogP contribution in [0, 0.1) is 29.1 Å². The highest BCUT2D eigenvalue weighted by atomic mass is 15.1. The highest BCUT2D eigenvalue weighted by Crippen LogP contribution is 2.61. The number of nitrogens with zero attached hydrogens (tertiary/aromatic N) is 1. The Balaban J connectivity index is 1.63. The SMILES string of the molecule is CNC(CN(C)CCC(C)C)C12CC3CC(CC(C3)C1)C2. The summed E-state index contributed by atoms with van der Waals surface area (Å²) in [5.41, 5.74) is 0.635. The number of rotatable bonds is 7. The Morgan fingerprint density at radius 1 is 1.05 bits per heavy atom. The molecule has 0 aromatic heterocycles. The maximum atomic E-state index is 3.74. The van der Waals surface area contributed by atoms with E-state index < -0.39 is 0 Å². The van der Waals surface area contributed by atoms with Crippen molar-refractivity contribution in [2.75, 3.05) is 27.2 Å². The normalized spacial score (nSPS) is 39.4. The van der Waals surface area contributed by atoms with E-state index >= 15 is 0 Å². The summed E-state index contributed by atoms with van der Waals surface area (Å²) in [5.74, 6) is 4.01. The van der Waals surface area contributed by atoms with E-state index in [1.807, 2.05) is 0 Å². The minimum Gasteiger partial charge on any atom is -0.315 e. The first-order valence-corrected chi connectivity index (χ1v) is 9.36. The van der Waals surface area contributed by atoms with Crippen LogP contribution in [0.3, 0.4) is 0 Å². The van der Waals surface area contributed by atoms with Crippen molar-refractivity contribution >= 4 is 0 Å². The minimum atomic E-state index is 0.635. The van der Waals surface area contributed by atoms with Gasteiger partial charge in [-0.1, -0.05) is 13.8 Å². The second kappa shape index (κ2) is 6.20. The number of hydrogen-bond acceptors (Lipinski definition) is 2. The molecule has 0 aromatic carbocycles. The van der Waals surface area contributed by atoms with Crippen molar-refractivity contribution in [3.05, 3.63) is 0 Å². The summed E-state index contributed by atoms with van der Waals surface area (Å²) in [5, 5.41) is 3.74. The van der Waals surface area contributed by atoms with E-state index in [2.05, 4.69) is 38.2 Å². The quantitative estimate of drug-likeness (QED) is 0.768. The zero-order valence-electron chi connectivity index (χ0n) is 14.7. The second-order valence-corrected chi connectivity index (χ2v) is 9.07. The molecular weight excluding hydrogens is 256 g/mol. The van der Waals surface area contributed by atoms with Crippen LogP contribution < -0.4 is 5.32 Å². The van der Waals surface area contributed by atoms with Gasteiger partial charge in [0.05, 0.1) is 0 Å². The van der Waals surface area contributed by atoms with Crippen LogP contribution in [0.25, 0.3) is 0 Å². The summed E-state index contributed by atoms with van der Waals surface area (Å²) in [6.45, 7) is 7.17. The molecule has 0 heterocycles. The summed E-state index contributed by atoms with van der Waals surface area (Å²) in [4.78, 5) is 2.58. The highest BCUT2D eigenvalue weighted by Gasteiger charge is 2.53. The molecule has 122 valence electrons. The second-order valence-electron chi connectivity index (χ2n) is 9.07. The Labute approximate surface area is 132 Å². The van der Waals surface area contributed by atoms with Gasteiger partial charge in [0.25, 0.3) is 0 Å². The van der Waals surface area contributed by atoms with Crippen LogP contribution in [0.1, 0.15) is 58.8 Å². The molecule has 21 heavy (non-hydrogen) atoms. The first-order chi connectivity index (χ1) is 10.0. The van der Waals surface area contributed by atoms with E-state index in [1.165, 1.54) is 38.8 Å². The predicted molar refractivity (Wildman–Crippen MR) is 90.4 cm³/mol. The maximum absolute atomic E-state index is 3.74. The van der Waals surface area contributed by atoms with Crippen molar-refractivity contribution in [1.82, 2.24) is 10.2 Å². The van der Waals surface area contributed by atoms with Crippen LogP contribution in [0.4, 0.5) is 0 Å². The number of nitrogens with one attached hydrogen (secondary N) is 1. The largest absolute Gasteiger partial charge is 0.315 e. The summed E-state index contributed by atoms with van der Waals surface area (Å²) in [6.07, 6.45) is 10.5. The van der Waals surface area contributed by atoms with Crippen LogP contribution >= 0.6 is 0 Å². The molecule has 2 nitrogen and oxygen atoms in total. The third-order valence-electron chi connectivity index (χ3n) is 6.76. The molecule has 4 fully saturated rings. The van der Waals surface area contributed by atoms with Gasteiger partial charge in [-0.25, -0.2) is 0 Å². The van der Waals surface area contributed by atoms with Crippen LogP contribution in [-0.4, -0.2) is 38.1 Å². The molecule has 1 atom stereocenters. The fourth-order valence-corrected chi connectivity index (χ4v) is 6.08. The van der Waals surface area contributed by atoms with E-state index in [0.29, 0.717) is 11.5 Å². The molecule has 4 saturated carbocycles. The lowest BCUT2D eigenvalue weighted by Gasteiger charge is -2.60. The molecule has 4 bridgehead atoms. The van der Waals surface area contributed by atoms with Gasteiger partial charge in [-0.05, 0) is 94.7 Å². The fourth-order valence-electron chi connectivity index (χ4n) is 6.08. The third-order valence-corrected chi connectivity index (χ3v) is 6.76. The molecule has 0 aliphatic heterocycles. The molecule has 2 heteroatoms. The zero-order chi connectivity index (χ0) is 15.0. The van der Waals surface area contributed by atoms with Crippen molar-refractivity contribution in [1.29, 1.82) is 0 Å². The molecule has 0 spiro atoms. The van der Waals surface area contributed by atoms with E-state index in [-0.39, 0.29) is 0 Å². The maximum Gasteiger partial charge on any atom is 0.0248 e. The van der Waals surface area contributed by atoms with Gasteiger partial charge in [-0.3, -0.25) is 0 Å². The molecule has 4 aliphatic carbocycles. The van der Waals surface area contributed by atoms with Crippen LogP contribution in [-0.2, 0) is 0 Å². The molecule has 1 N–H and O–H groups in total. The minimum absolute atomic E-state index is 0.635. The fraction of sp³-hybridized carbons (Fsp3) is 1.00. The average Bonchev–Trinajstić information content (AvgIpc) is 2.40. The van der Waals surface area contributed by atoms with Crippen molar-refractivity contribution < 1.29 is 0 Å². The van der Waals surface area contributed by atoms with Gasteiger partial charge in [-0.2, -0.15) is 0 Å². The Kier molecular flexibility index (Phi) is 4.66. The smallest absolute Gasteiger partial charge is 0.0248 e. The Hall–Kier alpha value is -0.0800. The molecule has 0 saturated heterocycles. The Morgan fingerprint density at radius 2 is 1.57 bits per heavy atom. The number of hydrogen-bond donors (Lipinski definition) is 1. The monoisotopic (exact) mass is 292 g/mol. The van der Waals surface area contributed by atoms with Gasteiger partial charge in [0.1, 0.15) is 0 Å². The zero-order valence-corrected chi connectivity index (χ0v) is 14.7. The van der Waals surface area contributed by atoms with Gasteiger partial charge in [0.2, 0.25) is 0 Å². The molecule has 1 unspecified atom stereocenters. The number of likely N-dealkylation sites (N-methyl/N-ethyl adjacent to an activating group) is 2. The Bertz CT molecular complexity index is 314. The third kappa shape index (κ3) is 3.32. The molecule has 0 amide bonds. The Morgan fingerprint density at radius 3 is 2.00 bits per heavy atom. The summed E-state index contributed by atoms with van der Waals surface area (Å²) < 4.78 is 0. The average molecular weight is 293 g/mol. The lowest BCUT2D eigenvalue weighted by Crippen LogP contribution is -2.58. The first kappa shape index (κ1) is 15.8. The van der Waals surface area contributed by atoms with Crippen LogP contribution in [0.2, 0.25) is 0 Å². The lowest BCUT2D eigenvalue weighted by atomic mass is 9.47.